The van der Waals surface area contributed by atoms with Gasteiger partial charge in [-0.25, -0.2) is 9.97 Å². The van der Waals surface area contributed by atoms with Crippen molar-refractivity contribution in [1.82, 2.24) is 14.5 Å². The Morgan fingerprint density at radius 2 is 1.90 bits per heavy atom. The molecule has 0 saturated heterocycles. The molecule has 0 aliphatic heterocycles. The Bertz CT molecular complexity index is 1420. The number of rotatable bonds is 12. The van der Waals surface area contributed by atoms with Crippen molar-refractivity contribution in [2.75, 3.05) is 19.8 Å². The second-order valence-electron chi connectivity index (χ2n) is 11.9. The maximum atomic E-state index is 13.5. The number of esters is 1. The van der Waals surface area contributed by atoms with E-state index >= 15 is 0 Å². The Kier molecular flexibility index (Phi) is 9.74. The van der Waals surface area contributed by atoms with E-state index in [1.165, 1.54) is 4.57 Å². The molecule has 2 aromatic heterocycles. The summed E-state index contributed by atoms with van der Waals surface area (Å²) in [6.07, 6.45) is 0.404. The lowest BCUT2D eigenvalue weighted by Gasteiger charge is -2.38. The number of halogens is 4. The van der Waals surface area contributed by atoms with Crippen LogP contribution in [0.15, 0.2) is 36.7 Å². The van der Waals surface area contributed by atoms with Crippen LogP contribution in [0.3, 0.4) is 0 Å². The van der Waals surface area contributed by atoms with E-state index in [-0.39, 0.29) is 30.2 Å². The molecule has 1 aromatic carbocycles. The summed E-state index contributed by atoms with van der Waals surface area (Å²) in [7, 11) is -1.36. The fourth-order valence-corrected chi connectivity index (χ4v) is 5.71. The number of hydrogen-bond acceptors (Lipinski definition) is 6. The fourth-order valence-electron chi connectivity index (χ4n) is 4.69. The average molecular weight is 624 g/mol. The van der Waals surface area contributed by atoms with Gasteiger partial charge in [-0.2, -0.15) is 13.2 Å². The minimum absolute atomic E-state index is 0.0666. The number of carbonyl (C=O) groups excluding carboxylic acids is 1. The van der Waals surface area contributed by atoms with Crippen molar-refractivity contribution >= 4 is 25.6 Å². The van der Waals surface area contributed by atoms with Gasteiger partial charge in [-0.15, -0.1) is 0 Å². The normalized spacial score (nSPS) is 14.9. The monoisotopic (exact) mass is 623 g/mol. The van der Waals surface area contributed by atoms with Crippen LogP contribution in [-0.2, 0) is 27.2 Å². The molecule has 228 valence electrons. The Hall–Kier alpha value is -2.89. The molecular formula is C30H37ClF3N3O4Si. The summed E-state index contributed by atoms with van der Waals surface area (Å²) >= 11 is 6.63. The van der Waals surface area contributed by atoms with Crippen LogP contribution < -0.4 is 4.74 Å². The van der Waals surface area contributed by atoms with E-state index in [4.69, 9.17) is 25.8 Å². The third kappa shape index (κ3) is 7.54. The topological polar surface area (TPSA) is 75.5 Å². The van der Waals surface area contributed by atoms with E-state index in [0.717, 1.165) is 48.2 Å². The summed E-state index contributed by atoms with van der Waals surface area (Å²) in [6.45, 7) is 11.2. The molecule has 12 heteroatoms. The van der Waals surface area contributed by atoms with E-state index in [9.17, 15) is 18.0 Å². The van der Waals surface area contributed by atoms with Crippen molar-refractivity contribution < 1.29 is 32.2 Å². The molecule has 4 rings (SSSR count). The van der Waals surface area contributed by atoms with Crippen molar-refractivity contribution in [1.29, 1.82) is 0 Å². The number of hydrogen-bond donors (Lipinski definition) is 0. The van der Waals surface area contributed by atoms with Gasteiger partial charge in [0.1, 0.15) is 24.6 Å². The highest BCUT2D eigenvalue weighted by Crippen LogP contribution is 2.43. The number of imidazole rings is 1. The van der Waals surface area contributed by atoms with Crippen molar-refractivity contribution in [3.8, 4) is 28.4 Å². The number of pyridine rings is 1. The van der Waals surface area contributed by atoms with Gasteiger partial charge in [0.15, 0.2) is 5.69 Å². The first kappa shape index (κ1) is 32.0. The molecule has 0 bridgehead atoms. The first-order chi connectivity index (χ1) is 19.7. The molecule has 1 aliphatic carbocycles. The van der Waals surface area contributed by atoms with Gasteiger partial charge in [0.2, 0.25) is 5.88 Å². The second kappa shape index (κ2) is 12.8. The predicted molar refractivity (Wildman–Crippen MR) is 158 cm³/mol. The molecule has 1 saturated carbocycles. The quantitative estimate of drug-likeness (QED) is 0.116. The number of carbonyl (C=O) groups is 1. The third-order valence-corrected chi connectivity index (χ3v) is 9.43. The summed E-state index contributed by atoms with van der Waals surface area (Å²) < 4.78 is 58.8. The molecule has 2 heterocycles. The SMILES string of the molecule is CCOC(=O)C1(COc2cc(C)c(-c3ccc(-c4nc(C(F)(F)F)cn4COCC[Si](C)(C)C)c(Cl)c3)cn2)CCC1. The van der Waals surface area contributed by atoms with Crippen LogP contribution in [0.5, 0.6) is 5.88 Å². The predicted octanol–water partition coefficient (Wildman–Crippen LogP) is 8.02. The summed E-state index contributed by atoms with van der Waals surface area (Å²) in [6, 6.07) is 7.79. The van der Waals surface area contributed by atoms with Crippen LogP contribution in [0.25, 0.3) is 22.5 Å². The number of ether oxygens (including phenoxy) is 3. The molecule has 1 aliphatic rings. The Labute approximate surface area is 250 Å². The second-order valence-corrected chi connectivity index (χ2v) is 18.0. The highest BCUT2D eigenvalue weighted by Gasteiger charge is 2.46. The Morgan fingerprint density at radius 3 is 2.48 bits per heavy atom. The molecule has 0 amide bonds. The van der Waals surface area contributed by atoms with E-state index < -0.39 is 25.4 Å². The standard InChI is InChI=1S/C30H37ClF3N3O4Si/c1-6-40-28(38)29(10-7-11-29)18-41-26-14-20(2)23(16-35-26)21-8-9-22(24(31)15-21)27-36-25(30(32,33)34)17-37(27)19-39-12-13-42(3,4)5/h8-9,14-17H,6-7,10-13,18-19H2,1-5H3. The lowest BCUT2D eigenvalue weighted by atomic mass is 9.69. The number of benzene rings is 1. The van der Waals surface area contributed by atoms with Gasteiger partial charge in [0.05, 0.1) is 11.6 Å². The van der Waals surface area contributed by atoms with Gasteiger partial charge in [-0.05, 0) is 56.0 Å². The minimum atomic E-state index is -4.61. The molecule has 0 atom stereocenters. The van der Waals surface area contributed by atoms with Gasteiger partial charge in [-0.3, -0.25) is 4.79 Å². The van der Waals surface area contributed by atoms with Crippen LogP contribution in [0, 0.1) is 12.3 Å². The van der Waals surface area contributed by atoms with Crippen molar-refractivity contribution in [3.05, 3.63) is 52.9 Å². The zero-order valence-electron chi connectivity index (χ0n) is 24.6. The highest BCUT2D eigenvalue weighted by atomic mass is 35.5. The van der Waals surface area contributed by atoms with Crippen molar-refractivity contribution in [2.24, 2.45) is 5.41 Å². The highest BCUT2D eigenvalue weighted by molar-refractivity contribution is 6.76. The number of alkyl halides is 3. The lowest BCUT2D eigenvalue weighted by Crippen LogP contribution is -2.44. The summed E-state index contributed by atoms with van der Waals surface area (Å²) in [4.78, 5) is 20.7. The summed E-state index contributed by atoms with van der Waals surface area (Å²) in [5, 5.41) is 0.247. The van der Waals surface area contributed by atoms with E-state index in [1.54, 1.807) is 37.4 Å². The van der Waals surface area contributed by atoms with Crippen LogP contribution in [0.2, 0.25) is 30.7 Å². The van der Waals surface area contributed by atoms with Gasteiger partial charge in [-0.1, -0.05) is 43.7 Å². The van der Waals surface area contributed by atoms with Gasteiger partial charge >= 0.3 is 12.1 Å². The summed E-state index contributed by atoms with van der Waals surface area (Å²) in [5.41, 5.74) is 1.12. The lowest BCUT2D eigenvalue weighted by molar-refractivity contribution is -0.163. The number of nitrogens with zero attached hydrogens (tertiary/aromatic N) is 3. The molecule has 0 spiro atoms. The van der Waals surface area contributed by atoms with Gasteiger partial charge in [0.25, 0.3) is 0 Å². The van der Waals surface area contributed by atoms with Gasteiger partial charge < -0.3 is 18.8 Å². The molecular weight excluding hydrogens is 587 g/mol. The minimum Gasteiger partial charge on any atom is -0.476 e. The molecule has 0 N–H and O–H groups in total. The Balaban J connectivity index is 1.53. The first-order valence-electron chi connectivity index (χ1n) is 14.0. The molecule has 0 radical (unpaired) electrons. The maximum Gasteiger partial charge on any atom is 0.434 e. The zero-order chi connectivity index (χ0) is 30.7. The Morgan fingerprint density at radius 1 is 1.17 bits per heavy atom. The molecule has 7 nitrogen and oxygen atoms in total. The molecule has 42 heavy (non-hydrogen) atoms. The van der Waals surface area contributed by atoms with Crippen LogP contribution in [-0.4, -0.2) is 48.4 Å². The fraction of sp³-hybridized carbons (Fsp3) is 0.500. The molecule has 1 fully saturated rings. The van der Waals surface area contributed by atoms with Crippen LogP contribution in [0.1, 0.15) is 37.4 Å². The molecule has 0 unspecified atom stereocenters. The third-order valence-electron chi connectivity index (χ3n) is 7.42. The van der Waals surface area contributed by atoms with Gasteiger partial charge in [0, 0.05) is 44.3 Å². The van der Waals surface area contributed by atoms with E-state index in [1.807, 2.05) is 6.92 Å². The smallest absolute Gasteiger partial charge is 0.434 e. The first-order valence-corrected chi connectivity index (χ1v) is 18.1. The number of aromatic nitrogens is 3. The van der Waals surface area contributed by atoms with Crippen LogP contribution in [0.4, 0.5) is 13.2 Å². The maximum absolute atomic E-state index is 13.5. The summed E-state index contributed by atoms with van der Waals surface area (Å²) in [5.74, 6) is 0.239. The number of aryl methyl sites for hydroxylation is 1. The molecule has 3 aromatic rings. The van der Waals surface area contributed by atoms with Crippen molar-refractivity contribution in [3.63, 3.8) is 0 Å². The van der Waals surface area contributed by atoms with Crippen molar-refractivity contribution in [2.45, 2.75) is 71.7 Å². The van der Waals surface area contributed by atoms with E-state index in [2.05, 4.69) is 29.6 Å². The zero-order valence-corrected chi connectivity index (χ0v) is 26.4. The largest absolute Gasteiger partial charge is 0.476 e. The average Bonchev–Trinajstić information content (AvgIpc) is 3.30. The van der Waals surface area contributed by atoms with E-state index in [0.29, 0.717) is 24.7 Å². The van der Waals surface area contributed by atoms with Crippen LogP contribution >= 0.6 is 11.6 Å².